The number of urea groups is 1. The standard InChI is InChI=1S/C27H25BrN4O3/c1-18(2)31(27(34)29-20-10-4-3-9-19(20)28)17-25(33)32-22-12-6-5-11-21(22)30-15-7-13-23(30)26(32)24-14-8-16-35-24/h3-16,18,26H,17H2,1-2H3,(H,29,34). The van der Waals surface area contributed by atoms with Gasteiger partial charge < -0.3 is 19.2 Å². The van der Waals surface area contributed by atoms with Gasteiger partial charge in [0, 0.05) is 16.7 Å². The van der Waals surface area contributed by atoms with Crippen molar-refractivity contribution in [1.82, 2.24) is 9.47 Å². The van der Waals surface area contributed by atoms with Crippen molar-refractivity contribution in [3.05, 3.63) is 101 Å². The Morgan fingerprint density at radius 1 is 1.00 bits per heavy atom. The molecule has 0 saturated heterocycles. The van der Waals surface area contributed by atoms with Crippen molar-refractivity contribution in [3.8, 4) is 5.69 Å². The van der Waals surface area contributed by atoms with Gasteiger partial charge >= 0.3 is 6.03 Å². The largest absolute Gasteiger partial charge is 0.467 e. The fourth-order valence-corrected chi connectivity index (χ4v) is 4.82. The molecule has 1 N–H and O–H groups in total. The highest BCUT2D eigenvalue weighted by Crippen LogP contribution is 2.42. The molecule has 0 aliphatic carbocycles. The van der Waals surface area contributed by atoms with E-state index in [1.54, 1.807) is 11.2 Å². The van der Waals surface area contributed by atoms with Gasteiger partial charge in [0.05, 0.1) is 29.0 Å². The number of furan rings is 1. The summed E-state index contributed by atoms with van der Waals surface area (Å²) >= 11 is 3.46. The SMILES string of the molecule is CC(C)N(CC(=O)N1c2ccccc2-n2cccc2C1c1ccco1)C(=O)Nc1ccccc1Br. The number of nitrogens with one attached hydrogen (secondary N) is 1. The van der Waals surface area contributed by atoms with Crippen LogP contribution in [0.1, 0.15) is 31.3 Å². The Kier molecular flexibility index (Phi) is 6.21. The number of fused-ring (bicyclic) bond motifs is 3. The molecule has 1 atom stereocenters. The number of benzene rings is 2. The van der Waals surface area contributed by atoms with Crippen LogP contribution in [-0.2, 0) is 4.79 Å². The van der Waals surface area contributed by atoms with E-state index in [-0.39, 0.29) is 24.5 Å². The number of aromatic nitrogens is 1. The molecule has 5 rings (SSSR count). The van der Waals surface area contributed by atoms with Crippen LogP contribution in [0.15, 0.2) is 94.1 Å². The van der Waals surface area contributed by atoms with Gasteiger partial charge in [0.15, 0.2) is 0 Å². The number of rotatable bonds is 5. The van der Waals surface area contributed by atoms with Gasteiger partial charge in [-0.25, -0.2) is 4.79 Å². The number of para-hydroxylation sites is 3. The number of hydrogen-bond donors (Lipinski definition) is 1. The van der Waals surface area contributed by atoms with E-state index >= 15 is 0 Å². The van der Waals surface area contributed by atoms with Gasteiger partial charge in [-0.2, -0.15) is 0 Å². The predicted molar refractivity (Wildman–Crippen MR) is 139 cm³/mol. The van der Waals surface area contributed by atoms with E-state index in [1.165, 1.54) is 4.90 Å². The fourth-order valence-electron chi connectivity index (χ4n) is 4.44. The first-order valence-corrected chi connectivity index (χ1v) is 12.2. The topological polar surface area (TPSA) is 70.7 Å². The Morgan fingerprint density at radius 2 is 1.74 bits per heavy atom. The number of nitrogens with zero attached hydrogens (tertiary/aromatic N) is 3. The van der Waals surface area contributed by atoms with Crippen LogP contribution >= 0.6 is 15.9 Å². The Hall–Kier alpha value is -3.78. The van der Waals surface area contributed by atoms with Crippen molar-refractivity contribution in [2.75, 3.05) is 16.8 Å². The average Bonchev–Trinajstić information content (AvgIpc) is 3.55. The van der Waals surface area contributed by atoms with Crippen LogP contribution in [0.4, 0.5) is 16.2 Å². The number of amides is 3. The second-order valence-corrected chi connectivity index (χ2v) is 9.46. The summed E-state index contributed by atoms with van der Waals surface area (Å²) in [5.41, 5.74) is 3.22. The van der Waals surface area contributed by atoms with Crippen LogP contribution in [0.2, 0.25) is 0 Å². The molecular formula is C27H25BrN4O3. The molecular weight excluding hydrogens is 508 g/mol. The molecule has 1 aliphatic rings. The normalized spacial score (nSPS) is 14.4. The number of anilines is 2. The molecule has 0 bridgehead atoms. The van der Waals surface area contributed by atoms with E-state index in [9.17, 15) is 9.59 Å². The molecule has 0 spiro atoms. The van der Waals surface area contributed by atoms with Crippen LogP contribution in [0.25, 0.3) is 5.69 Å². The van der Waals surface area contributed by atoms with Crippen molar-refractivity contribution >= 4 is 39.2 Å². The van der Waals surface area contributed by atoms with Gasteiger partial charge in [0.25, 0.3) is 0 Å². The van der Waals surface area contributed by atoms with Crippen molar-refractivity contribution in [2.45, 2.75) is 25.9 Å². The molecule has 8 heteroatoms. The molecule has 7 nitrogen and oxygen atoms in total. The highest BCUT2D eigenvalue weighted by Gasteiger charge is 2.38. The first kappa shape index (κ1) is 23.0. The monoisotopic (exact) mass is 532 g/mol. The maximum atomic E-state index is 14.0. The van der Waals surface area contributed by atoms with Crippen LogP contribution in [0, 0.1) is 0 Å². The van der Waals surface area contributed by atoms with Crippen LogP contribution < -0.4 is 10.2 Å². The highest BCUT2D eigenvalue weighted by molar-refractivity contribution is 9.10. The van der Waals surface area contributed by atoms with E-state index in [1.807, 2.05) is 92.8 Å². The van der Waals surface area contributed by atoms with Gasteiger partial charge in [0.1, 0.15) is 18.3 Å². The molecule has 0 saturated carbocycles. The Morgan fingerprint density at radius 3 is 2.46 bits per heavy atom. The Bertz CT molecular complexity index is 1360. The summed E-state index contributed by atoms with van der Waals surface area (Å²) in [5, 5.41) is 2.92. The fraction of sp³-hybridized carbons (Fsp3) is 0.185. The molecule has 2 aromatic carbocycles. The number of carbonyl (C=O) groups is 2. The summed E-state index contributed by atoms with van der Waals surface area (Å²) in [6.45, 7) is 3.69. The van der Waals surface area contributed by atoms with Crippen molar-refractivity contribution < 1.29 is 14.0 Å². The van der Waals surface area contributed by atoms with Crippen LogP contribution in [0.3, 0.4) is 0 Å². The number of hydrogen-bond acceptors (Lipinski definition) is 3. The zero-order valence-corrected chi connectivity index (χ0v) is 21.0. The third-order valence-corrected chi connectivity index (χ3v) is 6.80. The lowest BCUT2D eigenvalue weighted by Gasteiger charge is -2.38. The number of halogens is 1. The molecule has 2 aromatic heterocycles. The van der Waals surface area contributed by atoms with Crippen molar-refractivity contribution in [1.29, 1.82) is 0 Å². The first-order valence-electron chi connectivity index (χ1n) is 11.4. The Balaban J connectivity index is 1.50. The predicted octanol–water partition coefficient (Wildman–Crippen LogP) is 6.21. The minimum absolute atomic E-state index is 0.0970. The van der Waals surface area contributed by atoms with Crippen LogP contribution in [0.5, 0.6) is 0 Å². The first-order chi connectivity index (χ1) is 17.0. The molecule has 178 valence electrons. The molecule has 0 fully saturated rings. The molecule has 1 aliphatic heterocycles. The van der Waals surface area contributed by atoms with E-state index in [0.29, 0.717) is 11.4 Å². The quantitative estimate of drug-likeness (QED) is 0.332. The van der Waals surface area contributed by atoms with Crippen LogP contribution in [-0.4, -0.2) is 34.0 Å². The summed E-state index contributed by atoms with van der Waals surface area (Å²) in [5.74, 6) is 0.448. The summed E-state index contributed by atoms with van der Waals surface area (Å²) < 4.78 is 8.63. The molecule has 4 aromatic rings. The average molecular weight is 533 g/mol. The lowest BCUT2D eigenvalue weighted by Crippen LogP contribution is -2.49. The van der Waals surface area contributed by atoms with Gasteiger partial charge in [-0.3, -0.25) is 9.69 Å². The van der Waals surface area contributed by atoms with Gasteiger partial charge in [-0.15, -0.1) is 0 Å². The molecule has 3 amide bonds. The molecule has 0 radical (unpaired) electrons. The molecule has 35 heavy (non-hydrogen) atoms. The van der Waals surface area contributed by atoms with E-state index < -0.39 is 6.04 Å². The summed E-state index contributed by atoms with van der Waals surface area (Å²) in [6, 6.07) is 21.8. The summed E-state index contributed by atoms with van der Waals surface area (Å²) in [6.07, 6.45) is 3.59. The Labute approximate surface area is 212 Å². The summed E-state index contributed by atoms with van der Waals surface area (Å²) in [4.78, 5) is 30.5. The van der Waals surface area contributed by atoms with E-state index in [0.717, 1.165) is 21.5 Å². The van der Waals surface area contributed by atoms with E-state index in [4.69, 9.17) is 4.42 Å². The second-order valence-electron chi connectivity index (χ2n) is 8.61. The minimum atomic E-state index is -0.456. The van der Waals surface area contributed by atoms with Gasteiger partial charge in [-0.1, -0.05) is 24.3 Å². The smallest absolute Gasteiger partial charge is 0.322 e. The van der Waals surface area contributed by atoms with Crippen molar-refractivity contribution in [2.24, 2.45) is 0 Å². The maximum absolute atomic E-state index is 14.0. The second kappa shape index (κ2) is 9.46. The zero-order valence-electron chi connectivity index (χ0n) is 19.4. The third kappa shape index (κ3) is 4.25. The maximum Gasteiger partial charge on any atom is 0.322 e. The zero-order chi connectivity index (χ0) is 24.5. The van der Waals surface area contributed by atoms with Gasteiger partial charge in [-0.05, 0) is 78.3 Å². The molecule has 3 heterocycles. The van der Waals surface area contributed by atoms with Gasteiger partial charge in [0.2, 0.25) is 5.91 Å². The van der Waals surface area contributed by atoms with E-state index in [2.05, 4.69) is 25.8 Å². The lowest BCUT2D eigenvalue weighted by atomic mass is 10.0. The van der Waals surface area contributed by atoms with Crippen molar-refractivity contribution in [3.63, 3.8) is 0 Å². The minimum Gasteiger partial charge on any atom is -0.467 e. The number of carbonyl (C=O) groups excluding carboxylic acids is 2. The lowest BCUT2D eigenvalue weighted by molar-refractivity contribution is -0.120. The summed E-state index contributed by atoms with van der Waals surface area (Å²) in [7, 11) is 0. The molecule has 1 unspecified atom stereocenters. The third-order valence-electron chi connectivity index (χ3n) is 6.11. The highest BCUT2D eigenvalue weighted by atomic mass is 79.9.